The summed E-state index contributed by atoms with van der Waals surface area (Å²) in [4.78, 5) is 15.6. The summed E-state index contributed by atoms with van der Waals surface area (Å²) in [5, 5.41) is 21.8. The van der Waals surface area contributed by atoms with E-state index >= 15 is 0 Å². The molecule has 12 heteroatoms. The average molecular weight is 427 g/mol. The third kappa shape index (κ3) is 3.25. The Bertz CT molecular complexity index is 1070. The molecule has 0 bridgehead atoms. The molecule has 3 N–H and O–H groups in total. The number of anilines is 1. The molecule has 134 valence electrons. The quantitative estimate of drug-likeness (QED) is 0.677. The first-order valence-corrected chi connectivity index (χ1v) is 8.81. The Morgan fingerprint density at radius 2 is 2.16 bits per heavy atom. The van der Waals surface area contributed by atoms with E-state index in [1.165, 1.54) is 12.1 Å². The third-order valence-electron chi connectivity index (χ3n) is 3.03. The zero-order chi connectivity index (χ0) is 20.1. The van der Waals surface area contributed by atoms with E-state index < -0.39 is 39.3 Å². The van der Waals surface area contributed by atoms with E-state index in [1.54, 1.807) is 0 Å². The fraction of sp³-hybridized carbons (Fsp3) is 0.0769. The van der Waals surface area contributed by atoms with Crippen molar-refractivity contribution in [2.24, 2.45) is 0 Å². The van der Waals surface area contributed by atoms with Crippen LogP contribution in [0, 0.1) is 0 Å². The largest absolute Gasteiger partial charge is 0.506 e. The van der Waals surface area contributed by atoms with E-state index in [0.29, 0.717) is 11.3 Å². The van der Waals surface area contributed by atoms with Gasteiger partial charge in [-0.25, -0.2) is 13.4 Å². The van der Waals surface area contributed by atoms with Gasteiger partial charge < -0.3 is 15.5 Å². The van der Waals surface area contributed by atoms with Crippen molar-refractivity contribution in [3.63, 3.8) is 0 Å². The van der Waals surface area contributed by atoms with Crippen LogP contribution in [0.2, 0.25) is 4.34 Å². The summed E-state index contributed by atoms with van der Waals surface area (Å²) in [5.74, 6) is -2.35. The van der Waals surface area contributed by atoms with Crippen LogP contribution in [-0.4, -0.2) is 40.8 Å². The predicted octanol–water partition coefficient (Wildman–Crippen LogP) is 2.42. The molecular formula is C13H11Cl2N3O5S2. The van der Waals surface area contributed by atoms with Crippen LogP contribution in [0.15, 0.2) is 35.0 Å². The number of pyridine rings is 1. The monoisotopic (exact) mass is 426 g/mol. The van der Waals surface area contributed by atoms with Gasteiger partial charge >= 0.3 is 0 Å². The Morgan fingerprint density at radius 1 is 1.44 bits per heavy atom. The minimum absolute atomic E-state index is 0. The number of nitrogens with zero attached hydrogens (tertiary/aromatic N) is 2. The third-order valence-corrected chi connectivity index (χ3v) is 5.97. The lowest BCUT2D eigenvalue weighted by molar-refractivity contribution is -0.113. The van der Waals surface area contributed by atoms with Gasteiger partial charge in [-0.2, -0.15) is 0 Å². The van der Waals surface area contributed by atoms with Gasteiger partial charge in [-0.1, -0.05) is 11.6 Å². The number of likely N-dealkylation sites (N-methyl/N-ethyl adjacent to an activating group) is 1. The SMILES string of the molecule is Cl.[2H]C([2H])([2H])N1C(C(=O)Nc2ccc(O)cn2)=C(O)c2sc(Cl)cc2S1(=O)=O. The summed E-state index contributed by atoms with van der Waals surface area (Å²) in [5.41, 5.74) is -0.990. The molecule has 0 radical (unpaired) electrons. The number of halogens is 2. The first-order valence-electron chi connectivity index (χ1n) is 7.67. The molecule has 3 rings (SSSR count). The number of nitrogens with one attached hydrogen (secondary N) is 1. The van der Waals surface area contributed by atoms with Crippen LogP contribution >= 0.6 is 35.3 Å². The summed E-state index contributed by atoms with van der Waals surface area (Å²) in [6.07, 6.45) is 1.01. The minimum Gasteiger partial charge on any atom is -0.506 e. The smallest absolute Gasteiger partial charge is 0.278 e. The van der Waals surface area contributed by atoms with Crippen LogP contribution in [0.25, 0.3) is 5.76 Å². The summed E-state index contributed by atoms with van der Waals surface area (Å²) >= 11 is 6.49. The molecule has 0 atom stereocenters. The normalized spacial score (nSPS) is 17.6. The maximum absolute atomic E-state index is 12.8. The summed E-state index contributed by atoms with van der Waals surface area (Å²) < 4.78 is 48.0. The molecule has 3 heterocycles. The molecule has 0 saturated heterocycles. The number of hydrogen-bond donors (Lipinski definition) is 3. The highest BCUT2D eigenvalue weighted by atomic mass is 35.5. The molecule has 0 fully saturated rings. The molecule has 0 saturated carbocycles. The van der Waals surface area contributed by atoms with Crippen molar-refractivity contribution in [3.8, 4) is 5.75 Å². The van der Waals surface area contributed by atoms with Crippen LogP contribution in [0.3, 0.4) is 0 Å². The van der Waals surface area contributed by atoms with Gasteiger partial charge in [-0.15, -0.1) is 23.7 Å². The second kappa shape index (κ2) is 6.71. The highest BCUT2D eigenvalue weighted by molar-refractivity contribution is 7.89. The maximum atomic E-state index is 12.8. The lowest BCUT2D eigenvalue weighted by atomic mass is 10.2. The Hall–Kier alpha value is -2.01. The van der Waals surface area contributed by atoms with Crippen LogP contribution in [-0.2, 0) is 14.8 Å². The van der Waals surface area contributed by atoms with Gasteiger partial charge in [-0.05, 0) is 18.2 Å². The number of aliphatic hydroxyl groups is 1. The lowest BCUT2D eigenvalue weighted by Crippen LogP contribution is -2.36. The molecule has 2 aromatic rings. The van der Waals surface area contributed by atoms with Crippen molar-refractivity contribution in [1.29, 1.82) is 0 Å². The zero-order valence-electron chi connectivity index (χ0n) is 14.9. The highest BCUT2D eigenvalue weighted by Crippen LogP contribution is 2.41. The van der Waals surface area contributed by atoms with E-state index in [4.69, 9.17) is 15.7 Å². The maximum Gasteiger partial charge on any atom is 0.278 e. The van der Waals surface area contributed by atoms with Crippen molar-refractivity contribution < 1.29 is 27.5 Å². The number of fused-ring (bicyclic) bond motifs is 1. The van der Waals surface area contributed by atoms with Gasteiger partial charge in [0, 0.05) is 11.1 Å². The molecule has 0 aliphatic carbocycles. The number of aliphatic hydroxyl groups excluding tert-OH is 1. The summed E-state index contributed by atoms with van der Waals surface area (Å²) in [6, 6.07) is 3.41. The topological polar surface area (TPSA) is 120 Å². The van der Waals surface area contributed by atoms with Crippen molar-refractivity contribution in [3.05, 3.63) is 39.3 Å². The van der Waals surface area contributed by atoms with Gasteiger partial charge in [0.15, 0.2) is 11.5 Å². The standard InChI is InChI=1S/C13H10ClN3O5S2.ClH/c1-17-10(13(20)16-9-3-2-6(18)5-15-9)11(19)12-7(24(17,21)22)4-8(14)23-12;/h2-5,18-19H,1H3,(H,15,16,20);1H/i1D3;. The molecule has 1 aliphatic rings. The van der Waals surface area contributed by atoms with Crippen LogP contribution in [0.5, 0.6) is 5.75 Å². The van der Waals surface area contributed by atoms with E-state index in [1.807, 2.05) is 0 Å². The van der Waals surface area contributed by atoms with Gasteiger partial charge in [0.2, 0.25) is 0 Å². The number of carbonyl (C=O) groups excluding carboxylic acids is 1. The molecule has 8 nitrogen and oxygen atoms in total. The van der Waals surface area contributed by atoms with Gasteiger partial charge in [0.25, 0.3) is 15.9 Å². The number of thiophene rings is 1. The number of sulfonamides is 1. The average Bonchev–Trinajstić information content (AvgIpc) is 2.95. The number of carbonyl (C=O) groups is 1. The van der Waals surface area contributed by atoms with Gasteiger partial charge in [0.05, 0.1) is 15.4 Å². The molecular weight excluding hydrogens is 413 g/mol. The van der Waals surface area contributed by atoms with Gasteiger partial charge in [-0.3, -0.25) is 9.10 Å². The van der Waals surface area contributed by atoms with Crippen LogP contribution < -0.4 is 5.32 Å². The molecule has 0 spiro atoms. The van der Waals surface area contributed by atoms with Crippen molar-refractivity contribution in [2.75, 3.05) is 12.3 Å². The Kier molecular flexibility index (Phi) is 4.10. The molecule has 0 unspecified atom stereocenters. The summed E-state index contributed by atoms with van der Waals surface area (Å²) in [7, 11) is -4.69. The minimum atomic E-state index is -4.69. The first-order chi connectivity index (χ1) is 12.4. The second-order valence-electron chi connectivity index (χ2n) is 4.57. The number of aromatic nitrogens is 1. The number of hydrogen-bond acceptors (Lipinski definition) is 7. The Balaban J connectivity index is 0.00000280. The molecule has 25 heavy (non-hydrogen) atoms. The van der Waals surface area contributed by atoms with Crippen molar-refractivity contribution in [2.45, 2.75) is 4.90 Å². The van der Waals surface area contributed by atoms with E-state index in [0.717, 1.165) is 12.3 Å². The van der Waals surface area contributed by atoms with Crippen LogP contribution in [0.4, 0.5) is 5.82 Å². The fourth-order valence-electron chi connectivity index (χ4n) is 1.96. The molecule has 1 aliphatic heterocycles. The van der Waals surface area contributed by atoms with Gasteiger partial charge in [0.1, 0.15) is 16.5 Å². The predicted molar refractivity (Wildman–Crippen MR) is 95.6 cm³/mol. The van der Waals surface area contributed by atoms with Crippen molar-refractivity contribution in [1.82, 2.24) is 9.29 Å². The number of rotatable bonds is 2. The highest BCUT2D eigenvalue weighted by Gasteiger charge is 2.39. The Morgan fingerprint density at radius 3 is 2.76 bits per heavy atom. The van der Waals surface area contributed by atoms with E-state index in [2.05, 4.69) is 10.3 Å². The second-order valence-corrected chi connectivity index (χ2v) is 8.00. The van der Waals surface area contributed by atoms with Crippen LogP contribution in [0.1, 0.15) is 8.99 Å². The number of aromatic hydroxyl groups is 1. The lowest BCUT2D eigenvalue weighted by Gasteiger charge is -2.26. The Labute approximate surface area is 162 Å². The zero-order valence-corrected chi connectivity index (χ0v) is 15.1. The van der Waals surface area contributed by atoms with E-state index in [9.17, 15) is 23.4 Å². The fourth-order valence-corrected chi connectivity index (χ4v) is 4.81. The molecule has 1 amide bonds. The van der Waals surface area contributed by atoms with E-state index in [-0.39, 0.29) is 37.5 Å². The first kappa shape index (κ1) is 15.3. The summed E-state index contributed by atoms with van der Waals surface area (Å²) in [6.45, 7) is -3.30. The molecule has 2 aromatic heterocycles. The van der Waals surface area contributed by atoms with Crippen molar-refractivity contribution >= 4 is 62.9 Å². The number of amides is 1. The molecule has 0 aromatic carbocycles.